The summed E-state index contributed by atoms with van der Waals surface area (Å²) in [5.41, 5.74) is 3.46. The summed E-state index contributed by atoms with van der Waals surface area (Å²) in [5, 5.41) is 6.84. The van der Waals surface area contributed by atoms with Crippen LogP contribution < -0.4 is 5.32 Å². The Labute approximate surface area is 139 Å². The van der Waals surface area contributed by atoms with Crippen LogP contribution in [0.25, 0.3) is 10.9 Å². The van der Waals surface area contributed by atoms with E-state index < -0.39 is 0 Å². The number of nitrogens with one attached hydrogen (secondary N) is 2. The van der Waals surface area contributed by atoms with E-state index in [-0.39, 0.29) is 5.91 Å². The minimum Gasteiger partial charge on any atom is -0.361 e. The van der Waals surface area contributed by atoms with Gasteiger partial charge in [-0.15, -0.1) is 4.91 Å². The van der Waals surface area contributed by atoms with E-state index in [0.29, 0.717) is 17.8 Å². The standard InChI is InChI=1S/C18H18N4O2/c1-22-12-14(6-7-15(22)11-21-24)18(23)19-9-8-13-10-20-17-5-3-2-4-16(13)17/h2-7,10-12,20H,8-9H2,1H3,(H,19,23). The molecule has 122 valence electrons. The molecule has 0 spiro atoms. The van der Waals surface area contributed by atoms with Crippen molar-refractivity contribution in [2.24, 2.45) is 5.18 Å². The molecule has 6 heteroatoms. The quantitative estimate of drug-likeness (QED) is 0.831. The lowest BCUT2D eigenvalue weighted by Crippen LogP contribution is -2.28. The normalized spacial score (nSPS) is 15.6. The molecule has 1 aliphatic rings. The number of aromatic amines is 1. The van der Waals surface area contributed by atoms with Gasteiger partial charge in [-0.1, -0.05) is 18.2 Å². The van der Waals surface area contributed by atoms with Crippen molar-refractivity contribution in [1.82, 2.24) is 15.2 Å². The second kappa shape index (κ2) is 6.95. The Balaban J connectivity index is 1.58. The third-order valence-corrected chi connectivity index (χ3v) is 3.98. The van der Waals surface area contributed by atoms with Crippen molar-refractivity contribution in [3.05, 3.63) is 76.8 Å². The highest BCUT2D eigenvalue weighted by Gasteiger charge is 2.13. The summed E-state index contributed by atoms with van der Waals surface area (Å²) < 4.78 is 0. The number of aromatic nitrogens is 1. The molecule has 2 aromatic rings. The zero-order valence-corrected chi connectivity index (χ0v) is 13.3. The van der Waals surface area contributed by atoms with E-state index in [9.17, 15) is 9.70 Å². The average molecular weight is 322 g/mol. The van der Waals surface area contributed by atoms with E-state index in [4.69, 9.17) is 0 Å². The number of hydrogen-bond donors (Lipinski definition) is 2. The lowest BCUT2D eigenvalue weighted by Gasteiger charge is -2.19. The maximum absolute atomic E-state index is 12.2. The number of rotatable bonds is 5. The number of nitrogens with zero attached hydrogens (tertiary/aromatic N) is 2. The SMILES string of the molecule is CN1C=C(C(=O)NCCc2c[nH]c3ccccc23)C=CC1=CN=O. The highest BCUT2D eigenvalue weighted by molar-refractivity contribution is 5.96. The van der Waals surface area contributed by atoms with E-state index in [1.165, 1.54) is 17.1 Å². The summed E-state index contributed by atoms with van der Waals surface area (Å²) >= 11 is 0. The molecular formula is C18H18N4O2. The Morgan fingerprint density at radius 1 is 1.33 bits per heavy atom. The summed E-state index contributed by atoms with van der Waals surface area (Å²) in [5.74, 6) is -0.143. The monoisotopic (exact) mass is 322 g/mol. The Morgan fingerprint density at radius 2 is 2.17 bits per heavy atom. The summed E-state index contributed by atoms with van der Waals surface area (Å²) in [6.07, 6.45) is 8.99. The van der Waals surface area contributed by atoms with Crippen LogP contribution in [0.15, 0.2) is 71.5 Å². The van der Waals surface area contributed by atoms with Crippen molar-refractivity contribution in [2.45, 2.75) is 6.42 Å². The van der Waals surface area contributed by atoms with Gasteiger partial charge in [0.15, 0.2) is 0 Å². The van der Waals surface area contributed by atoms with Crippen LogP contribution in [0.5, 0.6) is 0 Å². The number of fused-ring (bicyclic) bond motifs is 1. The number of allylic oxidation sites excluding steroid dienone is 1. The predicted molar refractivity (Wildman–Crippen MR) is 93.9 cm³/mol. The topological polar surface area (TPSA) is 77.6 Å². The summed E-state index contributed by atoms with van der Waals surface area (Å²) in [6.45, 7) is 0.550. The number of benzene rings is 1. The van der Waals surface area contributed by atoms with Crippen LogP contribution in [0, 0.1) is 4.91 Å². The molecular weight excluding hydrogens is 304 g/mol. The highest BCUT2D eigenvalue weighted by atomic mass is 16.2. The fourth-order valence-corrected chi connectivity index (χ4v) is 2.69. The van der Waals surface area contributed by atoms with Gasteiger partial charge in [0.05, 0.1) is 17.5 Å². The zero-order valence-electron chi connectivity index (χ0n) is 13.3. The van der Waals surface area contributed by atoms with Crippen molar-refractivity contribution in [3.8, 4) is 0 Å². The van der Waals surface area contributed by atoms with Gasteiger partial charge in [-0.05, 0) is 35.4 Å². The van der Waals surface area contributed by atoms with Gasteiger partial charge in [-0.25, -0.2) is 0 Å². The van der Waals surface area contributed by atoms with E-state index >= 15 is 0 Å². The molecule has 1 aliphatic heterocycles. The first-order valence-corrected chi connectivity index (χ1v) is 7.67. The van der Waals surface area contributed by atoms with Crippen LogP contribution in [0.3, 0.4) is 0 Å². The van der Waals surface area contributed by atoms with Crippen molar-refractivity contribution >= 4 is 16.8 Å². The Bertz CT molecular complexity index is 861. The lowest BCUT2D eigenvalue weighted by atomic mass is 10.1. The van der Waals surface area contributed by atoms with E-state index in [0.717, 1.165) is 11.9 Å². The number of likely N-dealkylation sites (N-methyl/N-ethyl adjacent to an activating group) is 1. The molecule has 24 heavy (non-hydrogen) atoms. The molecule has 0 bridgehead atoms. The fraction of sp³-hybridized carbons (Fsp3) is 0.167. The molecule has 0 saturated heterocycles. The van der Waals surface area contributed by atoms with E-state index in [1.54, 1.807) is 30.3 Å². The Morgan fingerprint density at radius 3 is 2.96 bits per heavy atom. The van der Waals surface area contributed by atoms with Gasteiger partial charge in [0, 0.05) is 36.9 Å². The molecule has 0 unspecified atom stereocenters. The highest BCUT2D eigenvalue weighted by Crippen LogP contribution is 2.18. The van der Waals surface area contributed by atoms with Gasteiger partial charge in [-0.2, -0.15) is 0 Å². The molecule has 1 aromatic carbocycles. The van der Waals surface area contributed by atoms with Gasteiger partial charge in [0.2, 0.25) is 0 Å². The molecule has 0 radical (unpaired) electrons. The number of hydrogen-bond acceptors (Lipinski definition) is 4. The summed E-state index contributed by atoms with van der Waals surface area (Å²) in [7, 11) is 1.76. The van der Waals surface area contributed by atoms with Crippen molar-refractivity contribution in [3.63, 3.8) is 0 Å². The van der Waals surface area contributed by atoms with Crippen molar-refractivity contribution in [2.75, 3.05) is 13.6 Å². The molecule has 0 atom stereocenters. The first-order chi connectivity index (χ1) is 11.7. The number of carbonyl (C=O) groups excluding carboxylic acids is 1. The molecule has 1 aromatic heterocycles. The minimum atomic E-state index is -0.143. The fourth-order valence-electron chi connectivity index (χ4n) is 2.69. The maximum Gasteiger partial charge on any atom is 0.252 e. The number of amides is 1. The molecule has 3 rings (SSSR count). The van der Waals surface area contributed by atoms with Gasteiger partial charge in [0.25, 0.3) is 5.91 Å². The lowest BCUT2D eigenvalue weighted by molar-refractivity contribution is -0.117. The number of para-hydroxylation sites is 1. The second-order valence-corrected chi connectivity index (χ2v) is 5.55. The first kappa shape index (κ1) is 15.7. The Kier molecular flexibility index (Phi) is 4.56. The summed E-state index contributed by atoms with van der Waals surface area (Å²) in [4.78, 5) is 27.4. The largest absolute Gasteiger partial charge is 0.361 e. The van der Waals surface area contributed by atoms with Crippen LogP contribution >= 0.6 is 0 Å². The van der Waals surface area contributed by atoms with Crippen molar-refractivity contribution < 1.29 is 4.79 Å². The Hall–Kier alpha value is -3.15. The van der Waals surface area contributed by atoms with Gasteiger partial charge in [0.1, 0.15) is 0 Å². The van der Waals surface area contributed by atoms with Crippen LogP contribution in [0.1, 0.15) is 5.56 Å². The van der Waals surface area contributed by atoms with Crippen LogP contribution in [0.2, 0.25) is 0 Å². The molecule has 1 amide bonds. The number of nitroso groups, excluding NO2 is 1. The van der Waals surface area contributed by atoms with Gasteiger partial charge < -0.3 is 15.2 Å². The minimum absolute atomic E-state index is 0.143. The van der Waals surface area contributed by atoms with E-state index in [2.05, 4.69) is 21.5 Å². The molecule has 2 N–H and O–H groups in total. The third kappa shape index (κ3) is 3.27. The smallest absolute Gasteiger partial charge is 0.252 e. The number of H-pyrrole nitrogens is 1. The van der Waals surface area contributed by atoms with Crippen LogP contribution in [-0.4, -0.2) is 29.4 Å². The van der Waals surface area contributed by atoms with Gasteiger partial charge in [-0.3, -0.25) is 4.79 Å². The maximum atomic E-state index is 12.2. The summed E-state index contributed by atoms with van der Waals surface area (Å²) in [6, 6.07) is 8.10. The zero-order chi connectivity index (χ0) is 16.9. The third-order valence-electron chi connectivity index (χ3n) is 3.98. The molecule has 0 fully saturated rings. The van der Waals surface area contributed by atoms with Crippen LogP contribution in [-0.2, 0) is 11.2 Å². The molecule has 0 aliphatic carbocycles. The number of carbonyl (C=O) groups is 1. The predicted octanol–water partition coefficient (Wildman–Crippen LogP) is 2.82. The van der Waals surface area contributed by atoms with Gasteiger partial charge >= 0.3 is 0 Å². The molecule has 2 heterocycles. The van der Waals surface area contributed by atoms with E-state index in [1.807, 2.05) is 24.4 Å². The van der Waals surface area contributed by atoms with Crippen molar-refractivity contribution in [1.29, 1.82) is 0 Å². The average Bonchev–Trinajstić information content (AvgIpc) is 3.00. The first-order valence-electron chi connectivity index (χ1n) is 7.67. The van der Waals surface area contributed by atoms with Crippen LogP contribution in [0.4, 0.5) is 0 Å². The second-order valence-electron chi connectivity index (χ2n) is 5.55. The molecule has 6 nitrogen and oxygen atoms in total. The molecule has 0 saturated carbocycles.